The highest BCUT2D eigenvalue weighted by molar-refractivity contribution is 6.34. The summed E-state index contributed by atoms with van der Waals surface area (Å²) in [6.07, 6.45) is -4.18. The lowest BCUT2D eigenvalue weighted by Gasteiger charge is -2.12. The second-order valence-corrected chi connectivity index (χ2v) is 7.74. The summed E-state index contributed by atoms with van der Waals surface area (Å²) in [6.45, 7) is -0.314. The van der Waals surface area contributed by atoms with E-state index in [1.54, 1.807) is 12.1 Å². The standard InChI is InChI=1S/C23H20ClF3N4O4/c24-19-6-4-15(30-21(34)13-2-1-3-14(8-13)23(25,26)27)9-18(19)22(35)31-16-5-7-20(28-10-16)29-11-17(33)12-32/h1-10,17,32-33H,11-12H2,(H,28,29)(H,30,34)(H,31,35). The zero-order valence-corrected chi connectivity index (χ0v) is 18.7. The molecule has 8 nitrogen and oxygen atoms in total. The summed E-state index contributed by atoms with van der Waals surface area (Å²) in [6, 6.07) is 11.1. The highest BCUT2D eigenvalue weighted by atomic mass is 35.5. The van der Waals surface area contributed by atoms with Crippen LogP contribution < -0.4 is 16.0 Å². The van der Waals surface area contributed by atoms with Crippen LogP contribution >= 0.6 is 11.6 Å². The Morgan fingerprint density at radius 2 is 1.71 bits per heavy atom. The molecule has 2 amide bonds. The van der Waals surface area contributed by atoms with Gasteiger partial charge in [0.1, 0.15) is 5.82 Å². The molecule has 1 aromatic heterocycles. The van der Waals surface area contributed by atoms with Crippen LogP contribution in [0.15, 0.2) is 60.8 Å². The third kappa shape index (κ3) is 7.15. The molecule has 3 aromatic rings. The second kappa shape index (κ2) is 11.2. The maximum absolute atomic E-state index is 12.9. The van der Waals surface area contributed by atoms with Gasteiger partial charge >= 0.3 is 6.18 Å². The minimum absolute atomic E-state index is 0.0155. The highest BCUT2D eigenvalue weighted by Gasteiger charge is 2.31. The summed E-state index contributed by atoms with van der Waals surface area (Å²) in [5.74, 6) is -0.986. The number of halogens is 4. The van der Waals surface area contributed by atoms with Crippen LogP contribution in [0.4, 0.5) is 30.4 Å². The molecule has 2 aromatic carbocycles. The molecule has 0 saturated heterocycles. The molecule has 3 rings (SSSR count). The van der Waals surface area contributed by atoms with E-state index >= 15 is 0 Å². The molecule has 35 heavy (non-hydrogen) atoms. The molecule has 1 heterocycles. The van der Waals surface area contributed by atoms with Crippen molar-refractivity contribution in [3.05, 3.63) is 82.5 Å². The molecule has 1 unspecified atom stereocenters. The van der Waals surface area contributed by atoms with Crippen LogP contribution in [0, 0.1) is 0 Å². The Morgan fingerprint density at radius 1 is 1.00 bits per heavy atom. The lowest BCUT2D eigenvalue weighted by Crippen LogP contribution is -2.23. The monoisotopic (exact) mass is 508 g/mol. The van der Waals surface area contributed by atoms with Crippen LogP contribution in [0.25, 0.3) is 0 Å². The number of carbonyl (C=O) groups excluding carboxylic acids is 2. The van der Waals surface area contributed by atoms with Crippen LogP contribution in [-0.2, 0) is 6.18 Å². The average molecular weight is 509 g/mol. The van der Waals surface area contributed by atoms with Crippen molar-refractivity contribution in [2.75, 3.05) is 29.1 Å². The molecule has 0 bridgehead atoms. The largest absolute Gasteiger partial charge is 0.416 e. The van der Waals surface area contributed by atoms with Crippen molar-refractivity contribution in [2.45, 2.75) is 12.3 Å². The average Bonchev–Trinajstić information content (AvgIpc) is 2.84. The van der Waals surface area contributed by atoms with Crippen molar-refractivity contribution >= 4 is 40.6 Å². The van der Waals surface area contributed by atoms with E-state index in [0.717, 1.165) is 18.2 Å². The molecule has 12 heteroatoms. The first kappa shape index (κ1) is 25.9. The molecule has 0 spiro atoms. The first-order chi connectivity index (χ1) is 16.6. The van der Waals surface area contributed by atoms with Crippen LogP contribution in [0.3, 0.4) is 0 Å². The van der Waals surface area contributed by atoms with Crippen molar-refractivity contribution in [3.8, 4) is 0 Å². The van der Waals surface area contributed by atoms with Gasteiger partial charge in [0, 0.05) is 17.8 Å². The quantitative estimate of drug-likeness (QED) is 0.313. The molecule has 5 N–H and O–H groups in total. The van der Waals surface area contributed by atoms with Gasteiger partial charge in [-0.3, -0.25) is 9.59 Å². The van der Waals surface area contributed by atoms with Crippen LogP contribution in [0.5, 0.6) is 0 Å². The Hall–Kier alpha value is -3.67. The highest BCUT2D eigenvalue weighted by Crippen LogP contribution is 2.30. The first-order valence-electron chi connectivity index (χ1n) is 10.1. The van der Waals surface area contributed by atoms with E-state index in [0.29, 0.717) is 11.5 Å². The Balaban J connectivity index is 1.69. The molecule has 184 valence electrons. The number of anilines is 3. The number of hydrogen-bond acceptors (Lipinski definition) is 6. The Labute approximate surface area is 202 Å². The fourth-order valence-corrected chi connectivity index (χ4v) is 3.08. The number of aliphatic hydroxyl groups excluding tert-OH is 2. The predicted molar refractivity (Wildman–Crippen MR) is 125 cm³/mol. The van der Waals surface area contributed by atoms with Gasteiger partial charge in [-0.25, -0.2) is 4.98 Å². The summed E-state index contributed by atoms with van der Waals surface area (Å²) < 4.78 is 38.7. The van der Waals surface area contributed by atoms with Gasteiger partial charge in [0.2, 0.25) is 0 Å². The molecule has 1 atom stereocenters. The molecule has 0 saturated carbocycles. The Morgan fingerprint density at radius 3 is 2.37 bits per heavy atom. The van der Waals surface area contributed by atoms with Crippen LogP contribution in [0.2, 0.25) is 5.02 Å². The summed E-state index contributed by atoms with van der Waals surface area (Å²) in [5, 5.41) is 26.1. The van der Waals surface area contributed by atoms with E-state index in [1.807, 2.05) is 0 Å². The Kier molecular flexibility index (Phi) is 8.28. The lowest BCUT2D eigenvalue weighted by atomic mass is 10.1. The molecule has 0 aliphatic rings. The molecule has 0 radical (unpaired) electrons. The fourth-order valence-electron chi connectivity index (χ4n) is 2.87. The van der Waals surface area contributed by atoms with Gasteiger partial charge in [-0.2, -0.15) is 13.2 Å². The molecule has 0 aliphatic carbocycles. The van der Waals surface area contributed by atoms with Gasteiger partial charge in [0.15, 0.2) is 0 Å². The predicted octanol–water partition coefficient (Wildman–Crippen LogP) is 4.02. The van der Waals surface area contributed by atoms with E-state index in [2.05, 4.69) is 20.9 Å². The third-order valence-electron chi connectivity index (χ3n) is 4.67. The number of carbonyl (C=O) groups is 2. The van der Waals surface area contributed by atoms with Crippen molar-refractivity contribution in [3.63, 3.8) is 0 Å². The second-order valence-electron chi connectivity index (χ2n) is 7.33. The Bertz CT molecular complexity index is 1210. The van der Waals surface area contributed by atoms with Crippen molar-refractivity contribution in [1.29, 1.82) is 0 Å². The lowest BCUT2D eigenvalue weighted by molar-refractivity contribution is -0.137. The number of hydrogen-bond donors (Lipinski definition) is 5. The van der Waals surface area contributed by atoms with E-state index in [4.69, 9.17) is 16.7 Å². The van der Waals surface area contributed by atoms with Crippen molar-refractivity contribution in [1.82, 2.24) is 4.98 Å². The van der Waals surface area contributed by atoms with Crippen LogP contribution in [-0.4, -0.2) is 46.3 Å². The summed E-state index contributed by atoms with van der Waals surface area (Å²) in [7, 11) is 0. The molecule has 0 aliphatic heterocycles. The zero-order chi connectivity index (χ0) is 25.6. The SMILES string of the molecule is O=C(Nc1ccc(Cl)c(C(=O)Nc2ccc(NCC(O)CO)nc2)c1)c1cccc(C(F)(F)F)c1. The minimum atomic E-state index is -4.59. The number of amides is 2. The topological polar surface area (TPSA) is 124 Å². The number of pyridine rings is 1. The van der Waals surface area contributed by atoms with Gasteiger partial charge in [-0.15, -0.1) is 0 Å². The number of rotatable bonds is 8. The molecular weight excluding hydrogens is 489 g/mol. The smallest absolute Gasteiger partial charge is 0.394 e. The van der Waals surface area contributed by atoms with Gasteiger partial charge in [-0.1, -0.05) is 17.7 Å². The molecule has 0 fully saturated rings. The van der Waals surface area contributed by atoms with Crippen LogP contribution in [0.1, 0.15) is 26.3 Å². The van der Waals surface area contributed by atoms with Gasteiger partial charge < -0.3 is 26.2 Å². The summed E-state index contributed by atoms with van der Waals surface area (Å²) in [4.78, 5) is 29.2. The number of nitrogens with zero attached hydrogens (tertiary/aromatic N) is 1. The number of alkyl halides is 3. The summed E-state index contributed by atoms with van der Waals surface area (Å²) >= 11 is 6.12. The number of aliphatic hydroxyl groups is 2. The molecular formula is C23H20ClF3N4O4. The van der Waals surface area contributed by atoms with E-state index in [9.17, 15) is 27.9 Å². The maximum Gasteiger partial charge on any atom is 0.416 e. The minimum Gasteiger partial charge on any atom is -0.394 e. The van der Waals surface area contributed by atoms with Gasteiger partial charge in [0.25, 0.3) is 11.8 Å². The van der Waals surface area contributed by atoms with E-state index in [1.165, 1.54) is 30.5 Å². The van der Waals surface area contributed by atoms with Crippen molar-refractivity contribution < 1.29 is 33.0 Å². The number of nitrogens with one attached hydrogen (secondary N) is 3. The van der Waals surface area contributed by atoms with Gasteiger partial charge in [-0.05, 0) is 48.5 Å². The number of benzene rings is 2. The third-order valence-corrected chi connectivity index (χ3v) is 5.00. The van der Waals surface area contributed by atoms with Crippen molar-refractivity contribution in [2.24, 2.45) is 0 Å². The maximum atomic E-state index is 12.9. The van der Waals surface area contributed by atoms with Gasteiger partial charge in [0.05, 0.1) is 40.7 Å². The number of aromatic nitrogens is 1. The fraction of sp³-hybridized carbons (Fsp3) is 0.174. The van der Waals surface area contributed by atoms with E-state index < -0.39 is 36.3 Å². The summed E-state index contributed by atoms with van der Waals surface area (Å²) in [5.41, 5.74) is -0.658. The first-order valence-corrected chi connectivity index (χ1v) is 10.5. The van der Waals surface area contributed by atoms with E-state index in [-0.39, 0.29) is 28.4 Å². The normalized spacial score (nSPS) is 12.1. The zero-order valence-electron chi connectivity index (χ0n) is 17.9.